The Hall–Kier alpha value is -3.04. The molecule has 10 heteroatoms. The number of rotatable bonds is 7. The molecule has 2 rings (SSSR count). The van der Waals surface area contributed by atoms with Gasteiger partial charge in [-0.2, -0.15) is 26.3 Å². The van der Waals surface area contributed by atoms with Crippen LogP contribution in [0.15, 0.2) is 60.7 Å². The molecule has 0 saturated carbocycles. The van der Waals surface area contributed by atoms with Crippen molar-refractivity contribution >= 4 is 11.9 Å². The fourth-order valence-corrected chi connectivity index (χ4v) is 2.49. The van der Waals surface area contributed by atoms with Gasteiger partial charge in [-0.1, -0.05) is 60.7 Å². The average molecular weight is 434 g/mol. The van der Waals surface area contributed by atoms with Crippen LogP contribution in [0.2, 0.25) is 0 Å². The first-order chi connectivity index (χ1) is 14.0. The van der Waals surface area contributed by atoms with Crippen molar-refractivity contribution in [3.63, 3.8) is 0 Å². The molecule has 0 aliphatic heterocycles. The zero-order chi connectivity index (χ0) is 22.4. The molecule has 0 spiro atoms. The molecule has 0 bridgehead atoms. The van der Waals surface area contributed by atoms with Gasteiger partial charge in [0.25, 0.3) is 0 Å². The highest BCUT2D eigenvalue weighted by molar-refractivity contribution is 5.78. The first kappa shape index (κ1) is 23.2. The summed E-state index contributed by atoms with van der Waals surface area (Å²) in [6, 6.07) is 12.6. The van der Waals surface area contributed by atoms with E-state index in [0.717, 1.165) is 24.3 Å². The molecular formula is C20H16F6O4. The van der Waals surface area contributed by atoms with E-state index in [1.54, 1.807) is 0 Å². The second-order valence-corrected chi connectivity index (χ2v) is 6.14. The maximum Gasteiger partial charge on any atom is 0.429 e. The van der Waals surface area contributed by atoms with Crippen molar-refractivity contribution in [2.45, 2.75) is 37.4 Å². The molecule has 0 saturated heterocycles. The number of hydrogen-bond donors (Lipinski definition) is 0. The maximum atomic E-state index is 13.2. The monoisotopic (exact) mass is 434 g/mol. The summed E-state index contributed by atoms with van der Waals surface area (Å²) >= 11 is 0. The fraction of sp³-hybridized carbons (Fsp3) is 0.300. The van der Waals surface area contributed by atoms with Crippen molar-refractivity contribution in [1.29, 1.82) is 0 Å². The summed E-state index contributed by atoms with van der Waals surface area (Å²) in [5.41, 5.74) is -0.663. The third-order valence-corrected chi connectivity index (χ3v) is 3.83. The molecule has 30 heavy (non-hydrogen) atoms. The van der Waals surface area contributed by atoms with Crippen LogP contribution in [0.1, 0.15) is 36.2 Å². The molecule has 2 unspecified atom stereocenters. The summed E-state index contributed by atoms with van der Waals surface area (Å²) in [7, 11) is 0. The largest absolute Gasteiger partial charge is 0.448 e. The van der Waals surface area contributed by atoms with E-state index in [2.05, 4.69) is 9.47 Å². The van der Waals surface area contributed by atoms with E-state index in [1.807, 2.05) is 0 Å². The van der Waals surface area contributed by atoms with E-state index in [1.165, 1.54) is 36.4 Å². The molecule has 2 aromatic rings. The SMILES string of the molecule is O=C(CCC(=O)OC(c1ccccc1)C(F)(F)F)OC(c1ccccc1)C(F)(F)F. The van der Waals surface area contributed by atoms with Crippen molar-refractivity contribution in [2.24, 2.45) is 0 Å². The van der Waals surface area contributed by atoms with E-state index in [9.17, 15) is 35.9 Å². The van der Waals surface area contributed by atoms with Crippen LogP contribution in [0.3, 0.4) is 0 Å². The molecule has 0 aromatic heterocycles. The van der Waals surface area contributed by atoms with Crippen molar-refractivity contribution < 1.29 is 45.4 Å². The average Bonchev–Trinajstić information content (AvgIpc) is 2.68. The highest BCUT2D eigenvalue weighted by Crippen LogP contribution is 2.37. The Kier molecular flexibility index (Phi) is 7.47. The van der Waals surface area contributed by atoms with Gasteiger partial charge >= 0.3 is 24.3 Å². The fourth-order valence-electron chi connectivity index (χ4n) is 2.49. The van der Waals surface area contributed by atoms with Crippen LogP contribution in [0, 0.1) is 0 Å². The van der Waals surface area contributed by atoms with Crippen molar-refractivity contribution in [3.05, 3.63) is 71.8 Å². The Bertz CT molecular complexity index is 762. The maximum absolute atomic E-state index is 13.2. The summed E-state index contributed by atoms with van der Waals surface area (Å²) in [5.74, 6) is -2.80. The lowest BCUT2D eigenvalue weighted by atomic mass is 10.1. The minimum absolute atomic E-state index is 0.331. The number of carbonyl (C=O) groups excluding carboxylic acids is 2. The smallest absolute Gasteiger partial charge is 0.429 e. The van der Waals surface area contributed by atoms with E-state index >= 15 is 0 Å². The van der Waals surface area contributed by atoms with Crippen molar-refractivity contribution in [3.8, 4) is 0 Å². The molecule has 0 radical (unpaired) electrons. The quantitative estimate of drug-likeness (QED) is 0.429. The van der Waals surface area contributed by atoms with Crippen LogP contribution in [0.4, 0.5) is 26.3 Å². The molecule has 2 aromatic carbocycles. The van der Waals surface area contributed by atoms with Crippen LogP contribution in [-0.4, -0.2) is 24.3 Å². The van der Waals surface area contributed by atoms with E-state index in [0.29, 0.717) is 0 Å². The minimum Gasteiger partial charge on any atom is -0.448 e. The molecule has 0 aliphatic carbocycles. The van der Waals surface area contributed by atoms with Gasteiger partial charge < -0.3 is 9.47 Å². The lowest BCUT2D eigenvalue weighted by Gasteiger charge is -2.22. The van der Waals surface area contributed by atoms with E-state index < -0.39 is 49.3 Å². The summed E-state index contributed by atoms with van der Waals surface area (Å²) in [6.45, 7) is 0. The normalized spacial score (nSPS) is 13.9. The Morgan fingerprint density at radius 1 is 0.633 bits per heavy atom. The number of halogens is 6. The van der Waals surface area contributed by atoms with Gasteiger partial charge in [0.2, 0.25) is 12.2 Å². The third-order valence-electron chi connectivity index (χ3n) is 3.83. The summed E-state index contributed by atoms with van der Waals surface area (Å²) in [6.07, 6.45) is -16.7. The lowest BCUT2D eigenvalue weighted by molar-refractivity contribution is -0.227. The van der Waals surface area contributed by atoms with Gasteiger partial charge in [-0.3, -0.25) is 9.59 Å². The van der Waals surface area contributed by atoms with Crippen molar-refractivity contribution in [2.75, 3.05) is 0 Å². The number of hydrogen-bond acceptors (Lipinski definition) is 4. The molecule has 0 fully saturated rings. The molecule has 162 valence electrons. The number of esters is 2. The summed E-state index contributed by atoms with van der Waals surface area (Å²) in [5, 5.41) is 0. The van der Waals surface area contributed by atoms with Gasteiger partial charge in [0.15, 0.2) is 0 Å². The zero-order valence-electron chi connectivity index (χ0n) is 15.2. The Morgan fingerprint density at radius 2 is 0.933 bits per heavy atom. The second-order valence-electron chi connectivity index (χ2n) is 6.14. The van der Waals surface area contributed by atoms with Crippen molar-refractivity contribution in [1.82, 2.24) is 0 Å². The molecule has 4 nitrogen and oxygen atoms in total. The zero-order valence-corrected chi connectivity index (χ0v) is 15.2. The molecule has 2 atom stereocenters. The second kappa shape index (κ2) is 9.64. The molecule has 0 aliphatic rings. The minimum atomic E-state index is -4.91. The molecule has 0 heterocycles. The topological polar surface area (TPSA) is 52.6 Å². The number of carbonyl (C=O) groups is 2. The van der Waals surface area contributed by atoms with E-state index in [-0.39, 0.29) is 11.1 Å². The number of benzene rings is 2. The van der Waals surface area contributed by atoms with Crippen LogP contribution in [0.5, 0.6) is 0 Å². The van der Waals surface area contributed by atoms with Crippen LogP contribution in [-0.2, 0) is 19.1 Å². The Labute approximate surface area is 167 Å². The summed E-state index contributed by atoms with van der Waals surface area (Å²) < 4.78 is 87.8. The van der Waals surface area contributed by atoms with Gasteiger partial charge in [0.1, 0.15) is 0 Å². The summed E-state index contributed by atoms with van der Waals surface area (Å²) in [4.78, 5) is 23.6. The lowest BCUT2D eigenvalue weighted by Crippen LogP contribution is -2.28. The predicted octanol–water partition coefficient (Wildman–Crippen LogP) is 5.46. The predicted molar refractivity (Wildman–Crippen MR) is 91.9 cm³/mol. The molecule has 0 N–H and O–H groups in total. The van der Waals surface area contributed by atoms with Gasteiger partial charge in [-0.15, -0.1) is 0 Å². The number of ether oxygens (including phenoxy) is 2. The third kappa shape index (κ3) is 6.78. The van der Waals surface area contributed by atoms with Crippen LogP contribution in [0.25, 0.3) is 0 Å². The van der Waals surface area contributed by atoms with Gasteiger partial charge in [0.05, 0.1) is 12.8 Å². The molecule has 0 amide bonds. The Morgan fingerprint density at radius 3 is 1.20 bits per heavy atom. The molecular weight excluding hydrogens is 418 g/mol. The standard InChI is InChI=1S/C20H16F6O4/c21-19(22,23)17(13-7-3-1-4-8-13)29-15(27)11-12-16(28)30-18(20(24,25)26)14-9-5-2-6-10-14/h1-10,17-18H,11-12H2. The Balaban J connectivity index is 1.98. The highest BCUT2D eigenvalue weighted by Gasteiger charge is 2.45. The van der Waals surface area contributed by atoms with Crippen LogP contribution >= 0.6 is 0 Å². The first-order valence-electron chi connectivity index (χ1n) is 8.60. The van der Waals surface area contributed by atoms with Gasteiger partial charge in [0, 0.05) is 11.1 Å². The van der Waals surface area contributed by atoms with E-state index in [4.69, 9.17) is 0 Å². The van der Waals surface area contributed by atoms with Gasteiger partial charge in [-0.25, -0.2) is 0 Å². The first-order valence-corrected chi connectivity index (χ1v) is 8.60. The highest BCUT2D eigenvalue weighted by atomic mass is 19.4. The number of alkyl halides is 6. The van der Waals surface area contributed by atoms with Gasteiger partial charge in [-0.05, 0) is 0 Å². The van der Waals surface area contributed by atoms with Crippen LogP contribution < -0.4 is 0 Å².